The van der Waals surface area contributed by atoms with Crippen LogP contribution in [0.4, 0.5) is 34.1 Å². The van der Waals surface area contributed by atoms with Crippen LogP contribution in [0.2, 0.25) is 0 Å². The number of benzene rings is 4. The molecule has 1 radical (unpaired) electrons. The third-order valence-electron chi connectivity index (χ3n) is 7.31. The van der Waals surface area contributed by atoms with Crippen molar-refractivity contribution in [2.75, 3.05) is 0 Å². The number of nitro benzene ring substituents is 2. The van der Waals surface area contributed by atoms with Crippen LogP contribution in [-0.4, -0.2) is 47.5 Å². The molecule has 0 spiro atoms. The molecule has 0 saturated carbocycles. The van der Waals surface area contributed by atoms with E-state index in [1.165, 1.54) is 23.7 Å². The van der Waals surface area contributed by atoms with Crippen molar-refractivity contribution >= 4 is 44.2 Å². The summed E-state index contributed by atoms with van der Waals surface area (Å²) in [7, 11) is -4.47. The van der Waals surface area contributed by atoms with Gasteiger partial charge in [0.15, 0.2) is 11.4 Å². The number of aromatic nitrogens is 4. The van der Waals surface area contributed by atoms with Gasteiger partial charge in [-0.05, 0) is 50.2 Å². The van der Waals surface area contributed by atoms with Gasteiger partial charge in [-0.15, -0.1) is 15.3 Å². The quantitative estimate of drug-likeness (QED) is 0.0601. The Kier molecular flexibility index (Phi) is 12.4. The number of non-ortho nitro benzene ring substituents is 2. The number of H-pyrrole nitrogens is 2. The molecular weight excluding hydrogens is 784 g/mol. The molecule has 2 aromatic heterocycles. The molecule has 55 heavy (non-hydrogen) atoms. The molecule has 6 aromatic rings. The molecule has 0 unspecified atom stereocenters. The van der Waals surface area contributed by atoms with Gasteiger partial charge in [0.25, 0.3) is 32.6 Å². The fourth-order valence-corrected chi connectivity index (χ4v) is 5.17. The van der Waals surface area contributed by atoms with Crippen LogP contribution >= 0.6 is 0 Å². The van der Waals surface area contributed by atoms with E-state index in [1.54, 1.807) is 31.2 Å². The van der Waals surface area contributed by atoms with Crippen LogP contribution < -0.4 is 16.2 Å². The Morgan fingerprint density at radius 3 is 1.71 bits per heavy atom. The van der Waals surface area contributed by atoms with Gasteiger partial charge in [0.2, 0.25) is 0 Å². The van der Waals surface area contributed by atoms with Gasteiger partial charge in [-0.25, -0.2) is 9.36 Å². The van der Waals surface area contributed by atoms with Gasteiger partial charge in [-0.1, -0.05) is 36.1 Å². The largest absolute Gasteiger partial charge is 3.00 e. The van der Waals surface area contributed by atoms with Gasteiger partial charge in [0.05, 0.1) is 43.2 Å². The minimum absolute atomic E-state index is 0. The van der Waals surface area contributed by atoms with Crippen molar-refractivity contribution in [3.05, 3.63) is 143 Å². The van der Waals surface area contributed by atoms with E-state index in [0.717, 1.165) is 53.2 Å². The maximum atomic E-state index is 12.6. The van der Waals surface area contributed by atoms with E-state index in [9.17, 15) is 48.4 Å². The van der Waals surface area contributed by atoms with Gasteiger partial charge >= 0.3 is 17.4 Å². The maximum absolute atomic E-state index is 12.6. The molecule has 21 nitrogen and oxygen atoms in total. The number of nitrogens with zero attached hydrogens (tertiary/aromatic N) is 8. The second-order valence-electron chi connectivity index (χ2n) is 11.0. The Bertz CT molecular complexity index is 2700. The minimum Gasteiger partial charge on any atom is -0.871 e. The van der Waals surface area contributed by atoms with Crippen LogP contribution in [0.1, 0.15) is 11.4 Å². The summed E-state index contributed by atoms with van der Waals surface area (Å²) >= 11 is 0. The number of azo groups is 2. The number of rotatable bonds is 9. The van der Waals surface area contributed by atoms with Crippen LogP contribution in [0.3, 0.4) is 0 Å². The summed E-state index contributed by atoms with van der Waals surface area (Å²) in [5.41, 5.74) is -0.819. The number of aryl methyl sites for hydroxylation is 2. The Balaban J connectivity index is 0.000000243. The SMILES string of the molecule is Cc1[nH]n(-c2cccc(S(=O)(=O)O)c2)c(=O)c1N=Nc1cc([N+](=O)[O-])ccc1O.Cc1[nH]n(-c2ccccc2)c(=O)c1N=Nc1cc([N+](=O)[O-])ccc1[O-].[Cr+3]. The molecule has 4 N–H and O–H groups in total. The van der Waals surface area contributed by atoms with Crippen molar-refractivity contribution in [3.63, 3.8) is 0 Å². The number of aromatic hydroxyl groups is 1. The molecule has 6 rings (SSSR count). The van der Waals surface area contributed by atoms with E-state index in [0.29, 0.717) is 11.4 Å². The summed E-state index contributed by atoms with van der Waals surface area (Å²) in [6.45, 7) is 3.15. The van der Waals surface area contributed by atoms with E-state index >= 15 is 0 Å². The number of hydrogen-bond donors (Lipinski definition) is 4. The fourth-order valence-electron chi connectivity index (χ4n) is 4.65. The van der Waals surface area contributed by atoms with E-state index in [4.69, 9.17) is 4.55 Å². The molecule has 279 valence electrons. The Morgan fingerprint density at radius 2 is 1.16 bits per heavy atom. The summed E-state index contributed by atoms with van der Waals surface area (Å²) in [4.78, 5) is 45.0. The zero-order valence-electron chi connectivity index (χ0n) is 28.1. The first-order valence-electron chi connectivity index (χ1n) is 15.1. The fraction of sp³-hybridized carbons (Fsp3) is 0.0625. The first kappa shape index (κ1) is 40.7. The Hall–Kier alpha value is -7.06. The van der Waals surface area contributed by atoms with Crippen molar-refractivity contribution in [3.8, 4) is 22.9 Å². The maximum Gasteiger partial charge on any atom is 3.00 e. The van der Waals surface area contributed by atoms with Crippen LogP contribution in [0, 0.1) is 34.1 Å². The molecular formula is C32H25CrN10O11S+2. The summed E-state index contributed by atoms with van der Waals surface area (Å²) in [6, 6.07) is 20.2. The molecule has 0 aliphatic rings. The predicted octanol–water partition coefficient (Wildman–Crippen LogP) is 5.62. The number of para-hydroxylation sites is 1. The van der Waals surface area contributed by atoms with Crippen molar-refractivity contribution in [2.24, 2.45) is 20.5 Å². The monoisotopic (exact) mass is 809 g/mol. The van der Waals surface area contributed by atoms with Crippen LogP contribution in [0.5, 0.6) is 11.5 Å². The van der Waals surface area contributed by atoms with Gasteiger partial charge < -0.3 is 10.2 Å². The summed E-state index contributed by atoms with van der Waals surface area (Å²) < 4.78 is 34.0. The van der Waals surface area contributed by atoms with Crippen molar-refractivity contribution in [2.45, 2.75) is 18.7 Å². The Morgan fingerprint density at radius 1 is 0.673 bits per heavy atom. The van der Waals surface area contributed by atoms with E-state index in [1.807, 2.05) is 6.07 Å². The zero-order valence-corrected chi connectivity index (χ0v) is 30.2. The summed E-state index contributed by atoms with van der Waals surface area (Å²) in [5.74, 6) is -0.889. The molecule has 0 fully saturated rings. The Labute approximate surface area is 318 Å². The van der Waals surface area contributed by atoms with E-state index in [2.05, 4.69) is 30.7 Å². The molecule has 0 bridgehead atoms. The first-order chi connectivity index (χ1) is 25.5. The van der Waals surface area contributed by atoms with E-state index in [-0.39, 0.29) is 68.6 Å². The smallest absolute Gasteiger partial charge is 0.871 e. The summed E-state index contributed by atoms with van der Waals surface area (Å²) in [5, 5.41) is 63.7. The van der Waals surface area contributed by atoms with Gasteiger partial charge in [-0.3, -0.25) is 44.6 Å². The van der Waals surface area contributed by atoms with Crippen LogP contribution in [0.15, 0.2) is 126 Å². The molecule has 2 heterocycles. The number of nitro groups is 2. The van der Waals surface area contributed by atoms with Crippen LogP contribution in [0.25, 0.3) is 11.4 Å². The van der Waals surface area contributed by atoms with Crippen LogP contribution in [-0.2, 0) is 27.5 Å². The standard InChI is InChI=1S/C16H13N5O7S.C16H13N5O4.Cr/c1-9-15(18-17-13-8-11(21(24)25)5-6-14(13)22)16(23)20(19-9)10-3-2-4-12(7-10)29(26,27)28;1-10-15(16(23)20(19-10)11-5-3-2-4-6-11)18-17-13-9-12(21(24)25)7-8-14(13)22;/h2-8,19,22H,1H3,(H,26,27,28);2-9,19,22H,1H3;/q;;+3/p-1. The van der Waals surface area contributed by atoms with Gasteiger partial charge in [0.1, 0.15) is 11.4 Å². The third kappa shape index (κ3) is 9.31. The third-order valence-corrected chi connectivity index (χ3v) is 8.16. The number of phenols is 1. The normalized spacial score (nSPS) is 11.3. The molecule has 4 aromatic carbocycles. The number of phenolic OH excluding ortho intramolecular Hbond substituents is 1. The minimum atomic E-state index is -4.47. The predicted molar refractivity (Wildman–Crippen MR) is 188 cm³/mol. The molecule has 0 atom stereocenters. The second-order valence-corrected chi connectivity index (χ2v) is 12.4. The van der Waals surface area contributed by atoms with Crippen molar-refractivity contribution < 1.29 is 50.4 Å². The number of nitrogens with one attached hydrogen (secondary N) is 2. The van der Waals surface area contributed by atoms with Gasteiger partial charge in [0, 0.05) is 24.3 Å². The second kappa shape index (κ2) is 16.7. The zero-order chi connectivity index (χ0) is 39.3. The summed E-state index contributed by atoms with van der Waals surface area (Å²) in [6.07, 6.45) is 0. The van der Waals surface area contributed by atoms with Gasteiger partial charge in [-0.2, -0.15) is 13.5 Å². The molecule has 0 aliphatic heterocycles. The molecule has 0 saturated heterocycles. The number of hydrogen-bond acceptors (Lipinski definition) is 14. The van der Waals surface area contributed by atoms with Crippen molar-refractivity contribution in [1.82, 2.24) is 19.6 Å². The average Bonchev–Trinajstić information content (AvgIpc) is 3.59. The molecule has 0 amide bonds. The topological polar surface area (TPSA) is 309 Å². The first-order valence-corrected chi connectivity index (χ1v) is 16.5. The van der Waals surface area contributed by atoms with Crippen molar-refractivity contribution in [1.29, 1.82) is 0 Å². The number of aromatic amines is 2. The van der Waals surface area contributed by atoms with E-state index < -0.39 is 41.7 Å². The average molecular weight is 810 g/mol. The molecule has 0 aliphatic carbocycles. The molecule has 23 heteroatoms.